The number of carbonyl (C=O) groups is 1. The van der Waals surface area contributed by atoms with E-state index in [9.17, 15) is 13.6 Å². The lowest BCUT2D eigenvalue weighted by Crippen LogP contribution is -2.14. The molecule has 0 atom stereocenters. The number of amides is 1. The molecule has 0 aliphatic heterocycles. The Morgan fingerprint density at radius 2 is 1.68 bits per heavy atom. The van der Waals surface area contributed by atoms with E-state index in [4.69, 9.17) is 4.74 Å². The zero-order valence-electron chi connectivity index (χ0n) is 15.4. The highest BCUT2D eigenvalue weighted by Gasteiger charge is 2.13. The van der Waals surface area contributed by atoms with Gasteiger partial charge in [0, 0.05) is 11.9 Å². The third-order valence-electron chi connectivity index (χ3n) is 3.73. The van der Waals surface area contributed by atoms with Gasteiger partial charge < -0.3 is 15.4 Å². The second-order valence-electron chi connectivity index (χ2n) is 6.30. The minimum atomic E-state index is -0.843. The van der Waals surface area contributed by atoms with E-state index < -0.39 is 23.2 Å². The number of anilines is 3. The molecule has 5 nitrogen and oxygen atoms in total. The van der Waals surface area contributed by atoms with Gasteiger partial charge in [-0.15, -0.1) is 0 Å². The van der Waals surface area contributed by atoms with Gasteiger partial charge in [0.05, 0.1) is 11.7 Å². The summed E-state index contributed by atoms with van der Waals surface area (Å²) in [5.41, 5.74) is 0.488. The van der Waals surface area contributed by atoms with Crippen molar-refractivity contribution in [1.29, 1.82) is 0 Å². The number of nitrogens with one attached hydrogen (secondary N) is 2. The summed E-state index contributed by atoms with van der Waals surface area (Å²) >= 11 is 0. The van der Waals surface area contributed by atoms with E-state index in [1.165, 1.54) is 18.3 Å². The summed E-state index contributed by atoms with van der Waals surface area (Å²) < 4.78 is 32.9. The van der Waals surface area contributed by atoms with Gasteiger partial charge in [-0.05, 0) is 62.4 Å². The van der Waals surface area contributed by atoms with Crippen LogP contribution in [0.3, 0.4) is 0 Å². The Hall–Kier alpha value is -3.48. The van der Waals surface area contributed by atoms with Crippen LogP contribution in [0.1, 0.15) is 24.2 Å². The van der Waals surface area contributed by atoms with Crippen molar-refractivity contribution in [3.05, 3.63) is 78.0 Å². The maximum Gasteiger partial charge on any atom is 0.257 e. The highest BCUT2D eigenvalue weighted by Crippen LogP contribution is 2.21. The molecule has 0 aliphatic rings. The first-order valence-corrected chi connectivity index (χ1v) is 8.67. The number of rotatable bonds is 6. The second-order valence-corrected chi connectivity index (χ2v) is 6.30. The van der Waals surface area contributed by atoms with Crippen LogP contribution in [0.15, 0.2) is 60.8 Å². The number of halogens is 2. The summed E-state index contributed by atoms with van der Waals surface area (Å²) in [7, 11) is 0. The van der Waals surface area contributed by atoms with Crippen LogP contribution in [-0.2, 0) is 0 Å². The predicted octanol–water partition coefficient (Wildman–Crippen LogP) is 5.14. The molecule has 28 heavy (non-hydrogen) atoms. The highest BCUT2D eigenvalue weighted by atomic mass is 19.1. The molecule has 0 spiro atoms. The molecule has 2 aromatic carbocycles. The van der Waals surface area contributed by atoms with E-state index in [1.807, 2.05) is 38.1 Å². The molecular weight excluding hydrogens is 364 g/mol. The Morgan fingerprint density at radius 1 is 1.00 bits per heavy atom. The first kappa shape index (κ1) is 19.3. The van der Waals surface area contributed by atoms with Crippen LogP contribution in [0.5, 0.6) is 5.75 Å². The molecule has 2 N–H and O–H groups in total. The number of aromatic nitrogens is 1. The van der Waals surface area contributed by atoms with Gasteiger partial charge in [-0.2, -0.15) is 0 Å². The van der Waals surface area contributed by atoms with Gasteiger partial charge in [0.2, 0.25) is 0 Å². The molecular formula is C21H19F2N3O2. The maximum absolute atomic E-state index is 13.6. The van der Waals surface area contributed by atoms with Crippen molar-refractivity contribution in [3.8, 4) is 5.75 Å². The number of pyridine rings is 1. The van der Waals surface area contributed by atoms with E-state index in [0.717, 1.165) is 23.6 Å². The van der Waals surface area contributed by atoms with E-state index in [2.05, 4.69) is 15.6 Å². The van der Waals surface area contributed by atoms with E-state index in [0.29, 0.717) is 5.82 Å². The van der Waals surface area contributed by atoms with Crippen LogP contribution < -0.4 is 15.4 Å². The average Bonchev–Trinajstić information content (AvgIpc) is 2.66. The molecule has 0 aliphatic carbocycles. The Labute approximate surface area is 161 Å². The first-order valence-electron chi connectivity index (χ1n) is 8.67. The molecule has 1 amide bonds. The number of nitrogens with zero attached hydrogens (tertiary/aromatic N) is 1. The van der Waals surface area contributed by atoms with Crippen molar-refractivity contribution in [1.82, 2.24) is 4.98 Å². The smallest absolute Gasteiger partial charge is 0.257 e. The third kappa shape index (κ3) is 4.82. The summed E-state index contributed by atoms with van der Waals surface area (Å²) in [6.07, 6.45) is 1.42. The molecule has 7 heteroatoms. The van der Waals surface area contributed by atoms with Crippen LogP contribution in [-0.4, -0.2) is 17.0 Å². The van der Waals surface area contributed by atoms with Gasteiger partial charge in [0.25, 0.3) is 5.91 Å². The SMILES string of the molecule is CC(C)Oc1ccc(Nc2ccc(C(=O)Nc3c(F)cccc3F)cn2)cc1. The quantitative estimate of drug-likeness (QED) is 0.618. The second kappa shape index (κ2) is 8.47. The third-order valence-corrected chi connectivity index (χ3v) is 3.73. The molecule has 3 aromatic rings. The fourth-order valence-corrected chi connectivity index (χ4v) is 2.44. The van der Waals surface area contributed by atoms with Crippen LogP contribution >= 0.6 is 0 Å². The fraction of sp³-hybridized carbons (Fsp3) is 0.143. The normalized spacial score (nSPS) is 10.6. The molecule has 1 aromatic heterocycles. The molecule has 0 unspecified atom stereocenters. The van der Waals surface area contributed by atoms with Gasteiger partial charge in [0.1, 0.15) is 28.9 Å². The van der Waals surface area contributed by atoms with Crippen LogP contribution in [0.4, 0.5) is 26.0 Å². The van der Waals surface area contributed by atoms with Gasteiger partial charge in [0.15, 0.2) is 0 Å². The summed E-state index contributed by atoms with van der Waals surface area (Å²) in [5.74, 6) is -1.06. The molecule has 0 bridgehead atoms. The minimum absolute atomic E-state index is 0.0944. The average molecular weight is 383 g/mol. The zero-order chi connectivity index (χ0) is 20.1. The van der Waals surface area contributed by atoms with Crippen molar-refractivity contribution in [2.75, 3.05) is 10.6 Å². The summed E-state index contributed by atoms with van der Waals surface area (Å²) in [6, 6.07) is 13.9. The molecule has 1 heterocycles. The summed E-state index contributed by atoms with van der Waals surface area (Å²) in [4.78, 5) is 16.4. The molecule has 0 radical (unpaired) electrons. The molecule has 0 saturated heterocycles. The molecule has 144 valence electrons. The van der Waals surface area contributed by atoms with Crippen LogP contribution in [0.25, 0.3) is 0 Å². The van der Waals surface area contributed by atoms with E-state index in [-0.39, 0.29) is 11.7 Å². The Kier molecular flexibility index (Phi) is 5.84. The number of hydrogen-bond acceptors (Lipinski definition) is 4. The van der Waals surface area contributed by atoms with Crippen molar-refractivity contribution in [3.63, 3.8) is 0 Å². The van der Waals surface area contributed by atoms with E-state index >= 15 is 0 Å². The lowest BCUT2D eigenvalue weighted by Gasteiger charge is -2.11. The zero-order valence-corrected chi connectivity index (χ0v) is 15.4. The molecule has 3 rings (SSSR count). The van der Waals surface area contributed by atoms with Gasteiger partial charge in [-0.3, -0.25) is 4.79 Å². The van der Waals surface area contributed by atoms with E-state index in [1.54, 1.807) is 6.07 Å². The maximum atomic E-state index is 13.6. The largest absolute Gasteiger partial charge is 0.491 e. The fourth-order valence-electron chi connectivity index (χ4n) is 2.44. The predicted molar refractivity (Wildman–Crippen MR) is 104 cm³/mol. The number of benzene rings is 2. The van der Waals surface area contributed by atoms with Crippen molar-refractivity contribution < 1.29 is 18.3 Å². The number of para-hydroxylation sites is 1. The number of ether oxygens (including phenoxy) is 1. The summed E-state index contributed by atoms with van der Waals surface area (Å²) in [5, 5.41) is 5.32. The number of carbonyl (C=O) groups excluding carboxylic acids is 1. The Balaban J connectivity index is 1.65. The monoisotopic (exact) mass is 383 g/mol. The van der Waals surface area contributed by atoms with Gasteiger partial charge in [-0.1, -0.05) is 6.07 Å². The molecule has 0 fully saturated rings. The lowest BCUT2D eigenvalue weighted by molar-refractivity contribution is 0.102. The standard InChI is InChI=1S/C21H19F2N3O2/c1-13(2)28-16-9-7-15(8-10-16)25-19-11-6-14(12-24-19)21(27)26-20-17(22)4-3-5-18(20)23/h3-13H,1-2H3,(H,24,25)(H,26,27). The van der Waals surface area contributed by atoms with Gasteiger partial charge >= 0.3 is 0 Å². The molecule has 0 saturated carbocycles. The number of hydrogen-bond donors (Lipinski definition) is 2. The van der Waals surface area contributed by atoms with Crippen LogP contribution in [0.2, 0.25) is 0 Å². The van der Waals surface area contributed by atoms with Crippen LogP contribution in [0, 0.1) is 11.6 Å². The van der Waals surface area contributed by atoms with Crippen molar-refractivity contribution in [2.24, 2.45) is 0 Å². The first-order chi connectivity index (χ1) is 13.4. The minimum Gasteiger partial charge on any atom is -0.491 e. The van der Waals surface area contributed by atoms with Gasteiger partial charge in [-0.25, -0.2) is 13.8 Å². The Morgan fingerprint density at radius 3 is 2.25 bits per heavy atom. The highest BCUT2D eigenvalue weighted by molar-refractivity contribution is 6.04. The van der Waals surface area contributed by atoms with Crippen molar-refractivity contribution >= 4 is 23.1 Å². The topological polar surface area (TPSA) is 63.2 Å². The summed E-state index contributed by atoms with van der Waals surface area (Å²) in [6.45, 7) is 3.91. The lowest BCUT2D eigenvalue weighted by atomic mass is 10.2. The Bertz CT molecular complexity index is 938. The van der Waals surface area contributed by atoms with Crippen molar-refractivity contribution in [2.45, 2.75) is 20.0 Å².